The minimum atomic E-state index is -1.15. The number of piperidine rings is 1. The van der Waals surface area contributed by atoms with Crippen molar-refractivity contribution in [3.05, 3.63) is 59.7 Å². The highest BCUT2D eigenvalue weighted by molar-refractivity contribution is 6.41. The molecule has 2 aliphatic rings. The first-order valence-corrected chi connectivity index (χ1v) is 11.3. The lowest BCUT2D eigenvalue weighted by molar-refractivity contribution is -0.142. The molecule has 1 fully saturated rings. The summed E-state index contributed by atoms with van der Waals surface area (Å²) in [5.41, 5.74) is 4.38. The van der Waals surface area contributed by atoms with Gasteiger partial charge in [0.1, 0.15) is 18.9 Å². The van der Waals surface area contributed by atoms with Crippen LogP contribution in [0.3, 0.4) is 0 Å². The largest absolute Gasteiger partial charge is 0.481 e. The maximum absolute atomic E-state index is 12.8. The van der Waals surface area contributed by atoms with E-state index in [0.717, 1.165) is 35.1 Å². The molecule has 4 rings (SSSR count). The van der Waals surface area contributed by atoms with Crippen LogP contribution in [0, 0.1) is 5.92 Å². The molecule has 7 heteroatoms. The fraction of sp³-hybridized carbons (Fsp3) is 0.385. The van der Waals surface area contributed by atoms with Gasteiger partial charge in [-0.2, -0.15) is 0 Å². The number of esters is 1. The average Bonchev–Trinajstić information content (AvgIpc) is 3.14. The number of carbonyl (C=O) groups is 3. The maximum atomic E-state index is 12.8. The van der Waals surface area contributed by atoms with Crippen molar-refractivity contribution in [3.63, 3.8) is 0 Å². The number of benzene rings is 2. The summed E-state index contributed by atoms with van der Waals surface area (Å²) >= 11 is 0. The molecule has 1 aliphatic heterocycles. The summed E-state index contributed by atoms with van der Waals surface area (Å²) in [5.74, 6) is -1.67. The van der Waals surface area contributed by atoms with Crippen LogP contribution in [0.15, 0.2) is 53.5 Å². The second kappa shape index (κ2) is 9.98. The van der Waals surface area contributed by atoms with E-state index >= 15 is 0 Å². The molecule has 0 aromatic heterocycles. The Bertz CT molecular complexity index is 1040. The van der Waals surface area contributed by atoms with E-state index in [2.05, 4.69) is 24.0 Å². The number of nitrogens with zero attached hydrogens (tertiary/aromatic N) is 2. The Morgan fingerprint density at radius 1 is 1.00 bits per heavy atom. The number of fused-ring (bicyclic) bond motifs is 3. The van der Waals surface area contributed by atoms with E-state index in [1.54, 1.807) is 4.90 Å². The molecular formula is C26H28N2O5. The third kappa shape index (κ3) is 5.13. The highest BCUT2D eigenvalue weighted by Crippen LogP contribution is 2.44. The molecule has 1 aliphatic carbocycles. The first-order valence-electron chi connectivity index (χ1n) is 11.3. The van der Waals surface area contributed by atoms with Crippen molar-refractivity contribution < 1.29 is 24.2 Å². The molecule has 0 atom stereocenters. The molecule has 0 unspecified atom stereocenters. The van der Waals surface area contributed by atoms with Crippen molar-refractivity contribution in [2.24, 2.45) is 10.9 Å². The summed E-state index contributed by atoms with van der Waals surface area (Å²) in [5, 5.41) is 9.20. The molecule has 7 nitrogen and oxygen atoms in total. The van der Waals surface area contributed by atoms with Crippen LogP contribution in [0.4, 0.5) is 0 Å². The molecule has 2 aromatic carbocycles. The topological polar surface area (TPSA) is 96.3 Å². The zero-order valence-electron chi connectivity index (χ0n) is 18.7. The Morgan fingerprint density at radius 2 is 1.58 bits per heavy atom. The fourth-order valence-electron chi connectivity index (χ4n) is 4.56. The predicted octanol–water partition coefficient (Wildman–Crippen LogP) is 3.52. The first-order chi connectivity index (χ1) is 15.9. The molecule has 2 aromatic rings. The number of likely N-dealkylation sites (tertiary alicyclic amines) is 1. The van der Waals surface area contributed by atoms with E-state index in [0.29, 0.717) is 19.0 Å². The van der Waals surface area contributed by atoms with Gasteiger partial charge in [0.15, 0.2) is 0 Å². The highest BCUT2D eigenvalue weighted by atomic mass is 16.5. The molecule has 1 amide bonds. The number of aliphatic carboxylic acids is 1. The molecule has 33 heavy (non-hydrogen) atoms. The number of hydrogen-bond donors (Lipinski definition) is 1. The Morgan fingerprint density at radius 3 is 2.15 bits per heavy atom. The smallest absolute Gasteiger partial charge is 0.327 e. The molecular weight excluding hydrogens is 420 g/mol. The molecule has 1 heterocycles. The Hall–Kier alpha value is -3.48. The van der Waals surface area contributed by atoms with Crippen molar-refractivity contribution in [2.45, 2.75) is 32.1 Å². The van der Waals surface area contributed by atoms with Crippen molar-refractivity contribution >= 4 is 23.6 Å². The van der Waals surface area contributed by atoms with Crippen LogP contribution in [0.25, 0.3) is 11.1 Å². The average molecular weight is 449 g/mol. The van der Waals surface area contributed by atoms with Crippen LogP contribution >= 0.6 is 0 Å². The molecule has 0 radical (unpaired) electrons. The summed E-state index contributed by atoms with van der Waals surface area (Å²) in [6, 6.07) is 16.1. The fourth-order valence-corrected chi connectivity index (χ4v) is 4.56. The van der Waals surface area contributed by atoms with Gasteiger partial charge in [-0.05, 0) is 41.0 Å². The Labute approximate surface area is 193 Å². The second-order valence-corrected chi connectivity index (χ2v) is 8.72. The van der Waals surface area contributed by atoms with Gasteiger partial charge < -0.3 is 14.7 Å². The molecule has 172 valence electrons. The van der Waals surface area contributed by atoms with Gasteiger partial charge in [-0.3, -0.25) is 19.4 Å². The quantitative estimate of drug-likeness (QED) is 0.516. The van der Waals surface area contributed by atoms with Crippen molar-refractivity contribution in [1.82, 2.24) is 4.90 Å². The molecule has 0 spiro atoms. The number of carboxylic acid groups (broad SMARTS) is 1. The van der Waals surface area contributed by atoms with Crippen LogP contribution in [0.2, 0.25) is 0 Å². The number of carboxylic acids is 1. The van der Waals surface area contributed by atoms with Crippen LogP contribution in [-0.4, -0.2) is 59.8 Å². The molecule has 0 bridgehead atoms. The van der Waals surface area contributed by atoms with Gasteiger partial charge in [-0.1, -0.05) is 55.5 Å². The van der Waals surface area contributed by atoms with E-state index in [-0.39, 0.29) is 24.8 Å². The minimum absolute atomic E-state index is 0.0687. The maximum Gasteiger partial charge on any atom is 0.327 e. The van der Waals surface area contributed by atoms with E-state index in [4.69, 9.17) is 4.74 Å². The van der Waals surface area contributed by atoms with Gasteiger partial charge in [-0.15, -0.1) is 0 Å². The summed E-state index contributed by atoms with van der Waals surface area (Å²) in [6.07, 6.45) is 1.23. The normalized spacial score (nSPS) is 16.3. The van der Waals surface area contributed by atoms with Crippen molar-refractivity contribution in [2.75, 3.05) is 26.2 Å². The number of hydrogen-bond acceptors (Lipinski definition) is 5. The monoisotopic (exact) mass is 448 g/mol. The lowest BCUT2D eigenvalue weighted by Crippen LogP contribution is -2.42. The van der Waals surface area contributed by atoms with E-state index in [1.807, 2.05) is 36.4 Å². The van der Waals surface area contributed by atoms with Crippen molar-refractivity contribution in [3.8, 4) is 11.1 Å². The zero-order valence-corrected chi connectivity index (χ0v) is 18.7. The van der Waals surface area contributed by atoms with Gasteiger partial charge in [-0.25, -0.2) is 0 Å². The number of aliphatic imine (C=N–C) groups is 1. The summed E-state index contributed by atoms with van der Waals surface area (Å²) in [7, 11) is 0. The Balaban J connectivity index is 1.41. The van der Waals surface area contributed by atoms with E-state index in [9.17, 15) is 19.5 Å². The van der Waals surface area contributed by atoms with Crippen LogP contribution in [0.5, 0.6) is 0 Å². The number of amides is 1. The van der Waals surface area contributed by atoms with E-state index < -0.39 is 24.3 Å². The summed E-state index contributed by atoms with van der Waals surface area (Å²) < 4.78 is 5.52. The third-order valence-corrected chi connectivity index (χ3v) is 6.41. The lowest BCUT2D eigenvalue weighted by Gasteiger charge is -2.30. The first kappa shape index (κ1) is 22.7. The minimum Gasteiger partial charge on any atom is -0.481 e. The third-order valence-electron chi connectivity index (χ3n) is 6.41. The van der Waals surface area contributed by atoms with E-state index in [1.165, 1.54) is 0 Å². The van der Waals surface area contributed by atoms with Crippen LogP contribution < -0.4 is 0 Å². The molecule has 0 saturated carbocycles. The zero-order chi connectivity index (χ0) is 23.4. The van der Waals surface area contributed by atoms with Gasteiger partial charge in [0.2, 0.25) is 0 Å². The standard InChI is InChI=1S/C26H28N2O5/c1-17-10-12-28(13-11-17)26(32)23(14-24(29)30)27-15-25(31)33-16-22-20-8-4-2-6-18(20)19-7-3-5-9-21(19)22/h2-9,17,22H,10-16H2,1H3,(H,29,30). The van der Waals surface area contributed by atoms with Crippen molar-refractivity contribution in [1.29, 1.82) is 0 Å². The number of rotatable bonds is 7. The second-order valence-electron chi connectivity index (χ2n) is 8.72. The summed E-state index contributed by atoms with van der Waals surface area (Å²) in [6.45, 7) is 3.06. The van der Waals surface area contributed by atoms with Gasteiger partial charge in [0.05, 0.1) is 6.42 Å². The number of ether oxygens (including phenoxy) is 1. The van der Waals surface area contributed by atoms with Crippen LogP contribution in [0.1, 0.15) is 43.2 Å². The van der Waals surface area contributed by atoms with Gasteiger partial charge >= 0.3 is 11.9 Å². The van der Waals surface area contributed by atoms with Crippen LogP contribution in [-0.2, 0) is 19.1 Å². The molecule has 1 saturated heterocycles. The summed E-state index contributed by atoms with van der Waals surface area (Å²) in [4.78, 5) is 42.2. The SMILES string of the molecule is CC1CCN(C(=O)C(CC(=O)O)=NCC(=O)OCC2c3ccccc3-c3ccccc32)CC1. The van der Waals surface area contributed by atoms with Gasteiger partial charge in [0, 0.05) is 19.0 Å². The Kier molecular flexibility index (Phi) is 6.87. The highest BCUT2D eigenvalue weighted by Gasteiger charge is 2.29. The van der Waals surface area contributed by atoms with Gasteiger partial charge in [0.25, 0.3) is 5.91 Å². The predicted molar refractivity (Wildman–Crippen MR) is 124 cm³/mol. The lowest BCUT2D eigenvalue weighted by atomic mass is 9.98. The molecule has 1 N–H and O–H groups in total. The number of carbonyl (C=O) groups excluding carboxylic acids is 2.